The summed E-state index contributed by atoms with van der Waals surface area (Å²) in [4.78, 5) is 12.8. The van der Waals surface area contributed by atoms with Gasteiger partial charge in [0.1, 0.15) is 6.61 Å². The van der Waals surface area contributed by atoms with Crippen LogP contribution in [0.25, 0.3) is 6.08 Å². The van der Waals surface area contributed by atoms with Crippen LogP contribution in [0.1, 0.15) is 37.0 Å². The molecule has 0 radical (unpaired) electrons. The number of halogens is 5. The molecule has 2 aliphatic carbocycles. The van der Waals surface area contributed by atoms with Gasteiger partial charge in [0, 0.05) is 5.41 Å². The maximum Gasteiger partial charge on any atom is 0.311 e. The zero-order valence-electron chi connectivity index (χ0n) is 15.7. The van der Waals surface area contributed by atoms with Gasteiger partial charge >= 0.3 is 5.97 Å². The van der Waals surface area contributed by atoms with Crippen LogP contribution in [0.15, 0.2) is 30.3 Å². The van der Waals surface area contributed by atoms with Crippen molar-refractivity contribution in [1.29, 1.82) is 0 Å². The minimum atomic E-state index is -2.25. The summed E-state index contributed by atoms with van der Waals surface area (Å²) in [7, 11) is 0. The van der Waals surface area contributed by atoms with E-state index in [4.69, 9.17) is 4.74 Å². The third-order valence-corrected chi connectivity index (χ3v) is 6.52. The lowest BCUT2D eigenvalue weighted by Crippen LogP contribution is -2.16. The lowest BCUT2D eigenvalue weighted by atomic mass is 9.87. The second kappa shape index (κ2) is 6.40. The smallest absolute Gasteiger partial charge is 0.311 e. The highest BCUT2D eigenvalue weighted by Gasteiger charge is 2.76. The van der Waals surface area contributed by atoms with Gasteiger partial charge in [0.25, 0.3) is 0 Å². The molecule has 4 rings (SSSR count). The van der Waals surface area contributed by atoms with E-state index in [2.05, 4.69) is 0 Å². The molecule has 2 aliphatic rings. The Hall–Kier alpha value is -2.70. The van der Waals surface area contributed by atoms with Gasteiger partial charge < -0.3 is 4.74 Å². The molecule has 2 aromatic carbocycles. The van der Waals surface area contributed by atoms with Gasteiger partial charge in [-0.05, 0) is 23.0 Å². The van der Waals surface area contributed by atoms with Crippen LogP contribution in [0, 0.1) is 40.4 Å². The number of carbonyl (C=O) groups is 1. The first kappa shape index (κ1) is 19.6. The molecule has 0 bridgehead atoms. The summed E-state index contributed by atoms with van der Waals surface area (Å²) in [6.07, 6.45) is 4.49. The third-order valence-electron chi connectivity index (χ3n) is 6.52. The van der Waals surface area contributed by atoms with E-state index in [0.717, 1.165) is 11.1 Å². The molecule has 3 atom stereocenters. The predicted octanol–water partition coefficient (Wildman–Crippen LogP) is 5.44. The Labute approximate surface area is 164 Å². The highest BCUT2D eigenvalue weighted by molar-refractivity contribution is 5.86. The summed E-state index contributed by atoms with van der Waals surface area (Å²) < 4.78 is 72.7. The zero-order chi connectivity index (χ0) is 21.1. The van der Waals surface area contributed by atoms with Crippen LogP contribution in [0.4, 0.5) is 22.0 Å². The second-order valence-electron chi connectivity index (χ2n) is 7.65. The minimum Gasteiger partial charge on any atom is -0.460 e. The third kappa shape index (κ3) is 2.42. The number of benzene rings is 2. The minimum absolute atomic E-state index is 0.483. The van der Waals surface area contributed by atoms with Gasteiger partial charge in [-0.2, -0.15) is 0 Å². The molecule has 7 heteroatoms. The van der Waals surface area contributed by atoms with Crippen molar-refractivity contribution in [2.45, 2.75) is 32.3 Å². The number of esters is 1. The van der Waals surface area contributed by atoms with Gasteiger partial charge in [0.05, 0.1) is 11.5 Å². The van der Waals surface area contributed by atoms with Crippen molar-refractivity contribution in [2.24, 2.45) is 11.3 Å². The summed E-state index contributed by atoms with van der Waals surface area (Å²) in [5.74, 6) is -11.7. The van der Waals surface area contributed by atoms with Gasteiger partial charge in [0.2, 0.25) is 5.82 Å². The van der Waals surface area contributed by atoms with Crippen LogP contribution in [0.5, 0.6) is 0 Å². The van der Waals surface area contributed by atoms with Gasteiger partial charge in [-0.15, -0.1) is 0 Å². The van der Waals surface area contributed by atoms with E-state index in [1.54, 1.807) is 0 Å². The van der Waals surface area contributed by atoms with E-state index in [9.17, 15) is 26.7 Å². The normalized spacial score (nSPS) is 26.7. The molecule has 152 valence electrons. The largest absolute Gasteiger partial charge is 0.460 e. The van der Waals surface area contributed by atoms with Gasteiger partial charge in [-0.3, -0.25) is 4.79 Å². The van der Waals surface area contributed by atoms with Crippen molar-refractivity contribution in [2.75, 3.05) is 0 Å². The fraction of sp³-hybridized carbons (Fsp3) is 0.318. The van der Waals surface area contributed by atoms with E-state index in [-0.39, 0.29) is 0 Å². The maximum absolute atomic E-state index is 13.9. The standard InChI is InChI=1S/C22H17F5O2/c1-3-21(2)19(22(21)9-8-11-6-4-5-7-13(11)22)20(28)29-10-12-14(23)16(25)18(27)17(26)15(12)24/h4-9,19H,3,10H2,1-2H3/t19-,21+,22-/m1/s1. The van der Waals surface area contributed by atoms with E-state index in [0.29, 0.717) is 6.42 Å². The molecule has 1 spiro atoms. The Morgan fingerprint density at radius 2 is 1.59 bits per heavy atom. The number of hydrogen-bond donors (Lipinski definition) is 0. The second-order valence-corrected chi connectivity index (χ2v) is 7.65. The highest BCUT2D eigenvalue weighted by Crippen LogP contribution is 2.74. The molecule has 0 unspecified atom stereocenters. The number of fused-ring (bicyclic) bond motifs is 2. The van der Waals surface area contributed by atoms with Crippen molar-refractivity contribution >= 4 is 12.0 Å². The molecular formula is C22H17F5O2. The number of hydrogen-bond acceptors (Lipinski definition) is 2. The molecule has 29 heavy (non-hydrogen) atoms. The average molecular weight is 408 g/mol. The Morgan fingerprint density at radius 3 is 2.21 bits per heavy atom. The predicted molar refractivity (Wildman–Crippen MR) is 95.1 cm³/mol. The fourth-order valence-electron chi connectivity index (χ4n) is 4.74. The van der Waals surface area contributed by atoms with Crippen LogP contribution < -0.4 is 0 Å². The highest BCUT2D eigenvalue weighted by atomic mass is 19.2. The van der Waals surface area contributed by atoms with Crippen LogP contribution in [0.2, 0.25) is 0 Å². The van der Waals surface area contributed by atoms with Crippen molar-refractivity contribution in [3.63, 3.8) is 0 Å². The average Bonchev–Trinajstić information content (AvgIpc) is 3.05. The molecule has 1 saturated carbocycles. The molecule has 1 fully saturated rings. The summed E-state index contributed by atoms with van der Waals surface area (Å²) in [5, 5.41) is 0. The molecular weight excluding hydrogens is 391 g/mol. The molecule has 0 saturated heterocycles. The lowest BCUT2D eigenvalue weighted by Gasteiger charge is -2.15. The van der Waals surface area contributed by atoms with Crippen molar-refractivity contribution < 1.29 is 31.5 Å². The van der Waals surface area contributed by atoms with Crippen LogP contribution in [-0.4, -0.2) is 5.97 Å². The first-order chi connectivity index (χ1) is 13.7. The number of allylic oxidation sites excluding steroid dienone is 1. The Morgan fingerprint density at radius 1 is 1.00 bits per heavy atom. The van der Waals surface area contributed by atoms with Crippen molar-refractivity contribution in [1.82, 2.24) is 0 Å². The number of carbonyl (C=O) groups excluding carboxylic acids is 1. The molecule has 0 N–H and O–H groups in total. The summed E-state index contributed by atoms with van der Waals surface area (Å²) in [6, 6.07) is 7.58. The van der Waals surface area contributed by atoms with E-state index in [1.807, 2.05) is 50.3 Å². The van der Waals surface area contributed by atoms with Gasteiger partial charge in [0.15, 0.2) is 23.3 Å². The Kier molecular flexibility index (Phi) is 4.33. The molecule has 0 heterocycles. The maximum atomic E-state index is 13.9. The van der Waals surface area contributed by atoms with Gasteiger partial charge in [-0.25, -0.2) is 22.0 Å². The van der Waals surface area contributed by atoms with Crippen molar-refractivity contribution in [3.8, 4) is 0 Å². The fourth-order valence-corrected chi connectivity index (χ4v) is 4.74. The monoisotopic (exact) mass is 408 g/mol. The van der Waals surface area contributed by atoms with E-state index >= 15 is 0 Å². The van der Waals surface area contributed by atoms with E-state index in [1.165, 1.54) is 0 Å². The Balaban J connectivity index is 1.62. The molecule has 0 aliphatic heterocycles. The molecule has 0 amide bonds. The van der Waals surface area contributed by atoms with Gasteiger partial charge in [-0.1, -0.05) is 50.3 Å². The van der Waals surface area contributed by atoms with E-state index < -0.39 is 64.0 Å². The first-order valence-corrected chi connectivity index (χ1v) is 9.16. The Bertz CT molecular complexity index is 1030. The SMILES string of the molecule is CC[C@@]1(C)[C@@H](C(=O)OCc2c(F)c(F)c(F)c(F)c2F)[C@]12C=Cc1ccccc12. The molecule has 2 nitrogen and oxygen atoms in total. The summed E-state index contributed by atoms with van der Waals surface area (Å²) >= 11 is 0. The number of rotatable bonds is 4. The molecule has 0 aromatic heterocycles. The topological polar surface area (TPSA) is 26.3 Å². The van der Waals surface area contributed by atoms with Crippen LogP contribution in [0.3, 0.4) is 0 Å². The number of ether oxygens (including phenoxy) is 1. The van der Waals surface area contributed by atoms with Crippen LogP contribution >= 0.6 is 0 Å². The lowest BCUT2D eigenvalue weighted by molar-refractivity contribution is -0.147. The summed E-state index contributed by atoms with van der Waals surface area (Å²) in [5.41, 5.74) is -0.315. The van der Waals surface area contributed by atoms with Crippen LogP contribution in [-0.2, 0) is 21.6 Å². The summed E-state index contributed by atoms with van der Waals surface area (Å²) in [6.45, 7) is 2.81. The molecule has 2 aromatic rings. The van der Waals surface area contributed by atoms with Crippen molar-refractivity contribution in [3.05, 3.63) is 76.1 Å². The zero-order valence-corrected chi connectivity index (χ0v) is 15.7. The quantitative estimate of drug-likeness (QED) is 0.292. The first-order valence-electron chi connectivity index (χ1n) is 9.16.